The number of pyridine rings is 1. The van der Waals surface area contributed by atoms with E-state index >= 15 is 0 Å². The van der Waals surface area contributed by atoms with Gasteiger partial charge in [0.15, 0.2) is 0 Å². The minimum absolute atomic E-state index is 0.417. The lowest BCUT2D eigenvalue weighted by Gasteiger charge is -1.95. The van der Waals surface area contributed by atoms with Crippen molar-refractivity contribution in [3.63, 3.8) is 0 Å². The standard InChI is InChI=1S/C6H7FN2/c7-3-5-1-2-9-4-6(5)8/h1-2,4H,3,8H2. The summed E-state index contributed by atoms with van der Waals surface area (Å²) in [5.74, 6) is 0. The zero-order valence-corrected chi connectivity index (χ0v) is 4.84. The summed E-state index contributed by atoms with van der Waals surface area (Å²) in [5, 5.41) is 0. The first-order valence-electron chi connectivity index (χ1n) is 2.59. The second-order valence-electron chi connectivity index (χ2n) is 1.71. The number of alkyl halides is 1. The van der Waals surface area contributed by atoms with E-state index in [-0.39, 0.29) is 0 Å². The van der Waals surface area contributed by atoms with Crippen LogP contribution in [-0.4, -0.2) is 4.98 Å². The smallest absolute Gasteiger partial charge is 0.117 e. The van der Waals surface area contributed by atoms with E-state index in [1.807, 2.05) is 0 Å². The van der Waals surface area contributed by atoms with Crippen LogP contribution in [0.4, 0.5) is 10.1 Å². The Morgan fingerprint density at radius 2 is 2.44 bits per heavy atom. The second kappa shape index (κ2) is 2.44. The summed E-state index contributed by atoms with van der Waals surface area (Å²) < 4.78 is 11.9. The molecule has 0 saturated heterocycles. The molecule has 0 atom stereocenters. The number of nitrogen functional groups attached to an aromatic ring is 1. The number of nitrogens with two attached hydrogens (primary N) is 1. The fourth-order valence-electron chi connectivity index (χ4n) is 0.557. The van der Waals surface area contributed by atoms with Gasteiger partial charge in [0.25, 0.3) is 0 Å². The Labute approximate surface area is 52.5 Å². The van der Waals surface area contributed by atoms with E-state index in [1.165, 1.54) is 12.4 Å². The minimum atomic E-state index is -0.519. The Morgan fingerprint density at radius 3 is 2.89 bits per heavy atom. The van der Waals surface area contributed by atoms with Crippen molar-refractivity contribution in [2.24, 2.45) is 0 Å². The van der Waals surface area contributed by atoms with Crippen LogP contribution in [-0.2, 0) is 6.67 Å². The van der Waals surface area contributed by atoms with Crippen molar-refractivity contribution in [1.82, 2.24) is 4.98 Å². The molecule has 0 aromatic carbocycles. The van der Waals surface area contributed by atoms with Crippen molar-refractivity contribution in [2.75, 3.05) is 5.73 Å². The number of aromatic nitrogens is 1. The number of nitrogens with zero attached hydrogens (tertiary/aromatic N) is 1. The van der Waals surface area contributed by atoms with Gasteiger partial charge in [0.05, 0.1) is 11.9 Å². The molecule has 48 valence electrons. The van der Waals surface area contributed by atoms with Gasteiger partial charge >= 0.3 is 0 Å². The summed E-state index contributed by atoms with van der Waals surface area (Å²) in [6.45, 7) is -0.519. The minimum Gasteiger partial charge on any atom is -0.397 e. The first-order chi connectivity index (χ1) is 4.34. The van der Waals surface area contributed by atoms with Gasteiger partial charge < -0.3 is 5.73 Å². The van der Waals surface area contributed by atoms with Gasteiger partial charge in [-0.1, -0.05) is 0 Å². The van der Waals surface area contributed by atoms with Gasteiger partial charge in [-0.3, -0.25) is 4.98 Å². The maximum atomic E-state index is 11.9. The highest BCUT2D eigenvalue weighted by Crippen LogP contribution is 2.08. The molecule has 0 bridgehead atoms. The molecular weight excluding hydrogens is 119 g/mol. The van der Waals surface area contributed by atoms with Crippen LogP contribution in [0.5, 0.6) is 0 Å². The van der Waals surface area contributed by atoms with Gasteiger partial charge in [-0.15, -0.1) is 0 Å². The van der Waals surface area contributed by atoms with Gasteiger partial charge in [0.1, 0.15) is 6.67 Å². The van der Waals surface area contributed by atoms with E-state index in [4.69, 9.17) is 5.73 Å². The first-order valence-corrected chi connectivity index (χ1v) is 2.59. The van der Waals surface area contributed by atoms with E-state index in [9.17, 15) is 4.39 Å². The molecule has 3 heteroatoms. The average Bonchev–Trinajstić information content (AvgIpc) is 1.89. The van der Waals surface area contributed by atoms with Crippen LogP contribution in [0.2, 0.25) is 0 Å². The molecule has 0 aliphatic carbocycles. The lowest BCUT2D eigenvalue weighted by molar-refractivity contribution is 0.486. The molecule has 1 heterocycles. The zero-order valence-electron chi connectivity index (χ0n) is 4.84. The second-order valence-corrected chi connectivity index (χ2v) is 1.71. The van der Waals surface area contributed by atoms with Crippen molar-refractivity contribution in [3.8, 4) is 0 Å². The van der Waals surface area contributed by atoms with Crippen LogP contribution in [0.15, 0.2) is 18.5 Å². The Hall–Kier alpha value is -1.12. The molecule has 1 rings (SSSR count). The molecule has 1 aromatic rings. The van der Waals surface area contributed by atoms with Crippen molar-refractivity contribution in [2.45, 2.75) is 6.67 Å². The van der Waals surface area contributed by atoms with Crippen molar-refractivity contribution >= 4 is 5.69 Å². The quantitative estimate of drug-likeness (QED) is 0.612. The van der Waals surface area contributed by atoms with Crippen molar-refractivity contribution in [3.05, 3.63) is 24.0 Å². The van der Waals surface area contributed by atoms with Crippen LogP contribution in [0.1, 0.15) is 5.56 Å². The van der Waals surface area contributed by atoms with E-state index in [0.717, 1.165) is 0 Å². The van der Waals surface area contributed by atoms with Crippen LogP contribution in [0.25, 0.3) is 0 Å². The monoisotopic (exact) mass is 126 g/mol. The average molecular weight is 126 g/mol. The number of hydrogen-bond donors (Lipinski definition) is 1. The van der Waals surface area contributed by atoms with Crippen LogP contribution in [0, 0.1) is 0 Å². The molecule has 0 saturated carbocycles. The number of anilines is 1. The van der Waals surface area contributed by atoms with Crippen LogP contribution < -0.4 is 5.73 Å². The summed E-state index contributed by atoms with van der Waals surface area (Å²) >= 11 is 0. The predicted octanol–water partition coefficient (Wildman–Crippen LogP) is 1.13. The maximum Gasteiger partial charge on any atom is 0.117 e. The van der Waals surface area contributed by atoms with Gasteiger partial charge in [0.2, 0.25) is 0 Å². The van der Waals surface area contributed by atoms with E-state index in [0.29, 0.717) is 11.3 Å². The third-order valence-electron chi connectivity index (χ3n) is 1.09. The molecule has 0 unspecified atom stereocenters. The summed E-state index contributed by atoms with van der Waals surface area (Å²) in [5.41, 5.74) is 6.25. The molecule has 9 heavy (non-hydrogen) atoms. The predicted molar refractivity (Wildman–Crippen MR) is 33.5 cm³/mol. The summed E-state index contributed by atoms with van der Waals surface area (Å²) in [6.07, 6.45) is 2.96. The third-order valence-corrected chi connectivity index (χ3v) is 1.09. The molecule has 0 spiro atoms. The number of halogens is 1. The van der Waals surface area contributed by atoms with Crippen molar-refractivity contribution < 1.29 is 4.39 Å². The lowest BCUT2D eigenvalue weighted by atomic mass is 10.2. The highest BCUT2D eigenvalue weighted by Gasteiger charge is 1.93. The normalized spacial score (nSPS) is 9.44. The zero-order chi connectivity index (χ0) is 6.69. The van der Waals surface area contributed by atoms with Gasteiger partial charge in [-0.2, -0.15) is 0 Å². The highest BCUT2D eigenvalue weighted by atomic mass is 19.1. The molecule has 0 radical (unpaired) electrons. The molecule has 0 aliphatic heterocycles. The molecule has 0 aliphatic rings. The van der Waals surface area contributed by atoms with Gasteiger partial charge in [-0.05, 0) is 6.07 Å². The van der Waals surface area contributed by atoms with Crippen LogP contribution in [0.3, 0.4) is 0 Å². The maximum absolute atomic E-state index is 11.9. The molecule has 0 fully saturated rings. The van der Waals surface area contributed by atoms with E-state index < -0.39 is 6.67 Å². The van der Waals surface area contributed by atoms with Gasteiger partial charge in [0, 0.05) is 11.8 Å². The molecule has 0 amide bonds. The Morgan fingerprint density at radius 1 is 1.67 bits per heavy atom. The van der Waals surface area contributed by atoms with E-state index in [1.54, 1.807) is 6.07 Å². The number of hydrogen-bond acceptors (Lipinski definition) is 2. The molecule has 1 aromatic heterocycles. The molecular formula is C6H7FN2. The molecule has 2 N–H and O–H groups in total. The SMILES string of the molecule is Nc1cnccc1CF. The summed E-state index contributed by atoms with van der Waals surface area (Å²) in [4.78, 5) is 3.70. The largest absolute Gasteiger partial charge is 0.397 e. The summed E-state index contributed by atoms with van der Waals surface area (Å²) in [6, 6.07) is 1.56. The highest BCUT2D eigenvalue weighted by molar-refractivity contribution is 5.42. The Bertz CT molecular complexity index is 200. The van der Waals surface area contributed by atoms with E-state index in [2.05, 4.69) is 4.98 Å². The fourth-order valence-corrected chi connectivity index (χ4v) is 0.557. The lowest BCUT2D eigenvalue weighted by Crippen LogP contribution is -1.91. The first kappa shape index (κ1) is 6.01. The third kappa shape index (κ3) is 1.16. The van der Waals surface area contributed by atoms with Crippen molar-refractivity contribution in [1.29, 1.82) is 0 Å². The Kier molecular flexibility index (Phi) is 1.63. The van der Waals surface area contributed by atoms with Crippen LogP contribution >= 0.6 is 0 Å². The van der Waals surface area contributed by atoms with Gasteiger partial charge in [-0.25, -0.2) is 4.39 Å². The summed E-state index contributed by atoms with van der Waals surface area (Å²) in [7, 11) is 0. The Balaban J connectivity index is 3.01. The molecule has 2 nitrogen and oxygen atoms in total. The fraction of sp³-hybridized carbons (Fsp3) is 0.167. The number of rotatable bonds is 1. The topological polar surface area (TPSA) is 38.9 Å².